The van der Waals surface area contributed by atoms with E-state index in [4.69, 9.17) is 0 Å². The van der Waals surface area contributed by atoms with Crippen molar-refractivity contribution in [2.45, 2.75) is 37.1 Å². The lowest BCUT2D eigenvalue weighted by Gasteiger charge is -2.10. The molecule has 11 heavy (non-hydrogen) atoms. The monoisotopic (exact) mass is 184 g/mol. The van der Waals surface area contributed by atoms with E-state index in [9.17, 15) is 13.2 Å². The summed E-state index contributed by atoms with van der Waals surface area (Å²) in [5.74, 6) is -0.669. The number of thioether (sulfide) groups is 1. The molecular weight excluding hydrogens is 173 g/mol. The van der Waals surface area contributed by atoms with Gasteiger partial charge in [0.15, 0.2) is 0 Å². The average molecular weight is 184 g/mol. The van der Waals surface area contributed by atoms with E-state index < -0.39 is 11.9 Å². The summed E-state index contributed by atoms with van der Waals surface area (Å²) >= 11 is 1.07. The Hall–Kier alpha value is 0.140. The van der Waals surface area contributed by atoms with Gasteiger partial charge >= 0.3 is 6.18 Å². The maximum atomic E-state index is 11.7. The van der Waals surface area contributed by atoms with Crippen LogP contribution in [0.3, 0.4) is 0 Å². The second-order valence-corrected chi connectivity index (χ2v) is 4.12. The minimum Gasteiger partial charge on any atom is -0.170 e. The quantitative estimate of drug-likeness (QED) is 0.635. The lowest BCUT2D eigenvalue weighted by molar-refractivity contribution is -0.105. The number of halogens is 3. The van der Waals surface area contributed by atoms with E-state index in [1.807, 2.05) is 0 Å². The Bertz CT molecular complexity index is 115. The molecule has 0 bridgehead atoms. The predicted molar refractivity (Wildman–Crippen MR) is 40.8 cm³/mol. The third-order valence-electron chi connectivity index (χ3n) is 1.78. The molecule has 0 aliphatic heterocycles. The predicted octanol–water partition coefficient (Wildman–Crippen LogP) is 3.22. The van der Waals surface area contributed by atoms with Gasteiger partial charge in [0.25, 0.3) is 0 Å². The molecule has 0 N–H and O–H groups in total. The fourth-order valence-electron chi connectivity index (χ4n) is 1.27. The molecule has 0 aromatic heterocycles. The minimum absolute atomic E-state index is 0.275. The van der Waals surface area contributed by atoms with Gasteiger partial charge in [0.1, 0.15) is 0 Å². The Morgan fingerprint density at radius 1 is 1.18 bits per heavy atom. The van der Waals surface area contributed by atoms with Gasteiger partial charge in [-0.2, -0.15) is 13.2 Å². The van der Waals surface area contributed by atoms with Crippen molar-refractivity contribution in [3.63, 3.8) is 0 Å². The molecule has 0 aromatic rings. The summed E-state index contributed by atoms with van der Waals surface area (Å²) in [7, 11) is 0. The topological polar surface area (TPSA) is 0 Å². The van der Waals surface area contributed by atoms with Gasteiger partial charge in [0.05, 0.1) is 5.75 Å². The van der Waals surface area contributed by atoms with Gasteiger partial charge in [-0.15, -0.1) is 11.8 Å². The van der Waals surface area contributed by atoms with Crippen molar-refractivity contribution in [2.75, 3.05) is 5.75 Å². The highest BCUT2D eigenvalue weighted by molar-refractivity contribution is 7.99. The molecule has 1 saturated carbocycles. The number of hydrogen-bond acceptors (Lipinski definition) is 1. The first kappa shape index (κ1) is 9.23. The average Bonchev–Trinajstić information content (AvgIpc) is 2.32. The van der Waals surface area contributed by atoms with Crippen LogP contribution in [0.15, 0.2) is 0 Å². The van der Waals surface area contributed by atoms with Crippen LogP contribution in [0, 0.1) is 0 Å². The summed E-state index contributed by atoms with van der Waals surface area (Å²) in [5, 5.41) is 0.275. The minimum atomic E-state index is -3.98. The molecule has 4 heteroatoms. The third kappa shape index (κ3) is 3.89. The van der Waals surface area contributed by atoms with Crippen molar-refractivity contribution in [3.05, 3.63) is 0 Å². The van der Waals surface area contributed by atoms with E-state index in [-0.39, 0.29) is 5.25 Å². The van der Waals surface area contributed by atoms with Gasteiger partial charge < -0.3 is 0 Å². The molecule has 1 aliphatic carbocycles. The molecular formula is C7H11F3S. The van der Waals surface area contributed by atoms with Crippen molar-refractivity contribution in [1.29, 1.82) is 0 Å². The Morgan fingerprint density at radius 2 is 1.73 bits per heavy atom. The van der Waals surface area contributed by atoms with Gasteiger partial charge in [-0.25, -0.2) is 0 Å². The molecule has 1 rings (SSSR count). The molecule has 0 spiro atoms. The Balaban J connectivity index is 2.11. The molecule has 0 saturated heterocycles. The number of rotatable bonds is 2. The first-order valence-electron chi connectivity index (χ1n) is 3.76. The molecule has 0 amide bonds. The Kier molecular flexibility index (Phi) is 3.10. The summed E-state index contributed by atoms with van der Waals surface area (Å²) in [6, 6.07) is 0. The molecule has 0 aromatic carbocycles. The maximum Gasteiger partial charge on any atom is 0.397 e. The van der Waals surface area contributed by atoms with Gasteiger partial charge in [0.2, 0.25) is 0 Å². The van der Waals surface area contributed by atoms with E-state index in [1.165, 1.54) is 0 Å². The van der Waals surface area contributed by atoms with Crippen LogP contribution in [-0.4, -0.2) is 17.2 Å². The van der Waals surface area contributed by atoms with E-state index in [1.54, 1.807) is 0 Å². The highest BCUT2D eigenvalue weighted by atomic mass is 32.2. The second kappa shape index (κ2) is 3.70. The highest BCUT2D eigenvalue weighted by Gasteiger charge is 2.29. The lowest BCUT2D eigenvalue weighted by Crippen LogP contribution is -2.13. The summed E-state index contributed by atoms with van der Waals surface area (Å²) in [5.41, 5.74) is 0. The molecule has 0 heterocycles. The van der Waals surface area contributed by atoms with Crippen LogP contribution in [0.2, 0.25) is 0 Å². The standard InChI is InChI=1S/C7H11F3S/c8-7(9,10)5-11-6-3-1-2-4-6/h6H,1-5H2. The fourth-order valence-corrected chi connectivity index (χ4v) is 2.36. The smallest absolute Gasteiger partial charge is 0.170 e. The van der Waals surface area contributed by atoms with Gasteiger partial charge in [-0.05, 0) is 12.8 Å². The van der Waals surface area contributed by atoms with Crippen molar-refractivity contribution in [2.24, 2.45) is 0 Å². The second-order valence-electron chi connectivity index (χ2n) is 2.83. The van der Waals surface area contributed by atoms with Crippen LogP contribution in [0.1, 0.15) is 25.7 Å². The van der Waals surface area contributed by atoms with Crippen molar-refractivity contribution < 1.29 is 13.2 Å². The normalized spacial score (nSPS) is 21.0. The first-order valence-corrected chi connectivity index (χ1v) is 4.81. The zero-order chi connectivity index (χ0) is 8.32. The van der Waals surface area contributed by atoms with E-state index in [2.05, 4.69) is 0 Å². The van der Waals surface area contributed by atoms with Crippen LogP contribution in [-0.2, 0) is 0 Å². The van der Waals surface area contributed by atoms with Crippen molar-refractivity contribution in [3.8, 4) is 0 Å². The molecule has 66 valence electrons. The molecule has 0 atom stereocenters. The zero-order valence-corrected chi connectivity index (χ0v) is 6.97. The van der Waals surface area contributed by atoms with Crippen LogP contribution in [0.25, 0.3) is 0 Å². The van der Waals surface area contributed by atoms with Crippen LogP contribution < -0.4 is 0 Å². The SMILES string of the molecule is FC(F)(F)CSC1CCCC1. The molecule has 0 unspecified atom stereocenters. The van der Waals surface area contributed by atoms with Crippen molar-refractivity contribution >= 4 is 11.8 Å². The summed E-state index contributed by atoms with van der Waals surface area (Å²) in [6.07, 6.45) is 0.180. The Morgan fingerprint density at radius 3 is 2.18 bits per heavy atom. The summed E-state index contributed by atoms with van der Waals surface area (Å²) in [4.78, 5) is 0. The molecule has 0 radical (unpaired) electrons. The first-order chi connectivity index (χ1) is 5.08. The van der Waals surface area contributed by atoms with Gasteiger partial charge in [0, 0.05) is 5.25 Å². The maximum absolute atomic E-state index is 11.7. The van der Waals surface area contributed by atoms with Crippen LogP contribution in [0.4, 0.5) is 13.2 Å². The van der Waals surface area contributed by atoms with Crippen LogP contribution in [0.5, 0.6) is 0 Å². The zero-order valence-electron chi connectivity index (χ0n) is 6.16. The van der Waals surface area contributed by atoms with Gasteiger partial charge in [-0.3, -0.25) is 0 Å². The van der Waals surface area contributed by atoms with E-state index >= 15 is 0 Å². The lowest BCUT2D eigenvalue weighted by atomic mass is 10.4. The number of alkyl halides is 3. The highest BCUT2D eigenvalue weighted by Crippen LogP contribution is 2.33. The van der Waals surface area contributed by atoms with E-state index in [0.717, 1.165) is 37.4 Å². The summed E-state index contributed by atoms with van der Waals surface area (Å²) in [6.45, 7) is 0. The summed E-state index contributed by atoms with van der Waals surface area (Å²) < 4.78 is 35.1. The largest absolute Gasteiger partial charge is 0.397 e. The van der Waals surface area contributed by atoms with E-state index in [0.29, 0.717) is 0 Å². The van der Waals surface area contributed by atoms with Gasteiger partial charge in [-0.1, -0.05) is 12.8 Å². The molecule has 1 aliphatic rings. The number of hydrogen-bond donors (Lipinski definition) is 0. The third-order valence-corrected chi connectivity index (χ3v) is 3.22. The fraction of sp³-hybridized carbons (Fsp3) is 1.00. The Labute approximate surface area is 68.5 Å². The molecule has 1 fully saturated rings. The molecule has 0 nitrogen and oxygen atoms in total. The van der Waals surface area contributed by atoms with Crippen LogP contribution >= 0.6 is 11.8 Å². The van der Waals surface area contributed by atoms with Crippen molar-refractivity contribution in [1.82, 2.24) is 0 Å².